The van der Waals surface area contributed by atoms with Crippen LogP contribution in [0.1, 0.15) is 30.9 Å². The second-order valence-corrected chi connectivity index (χ2v) is 4.21. The monoisotopic (exact) mass is 220 g/mol. The molecular formula is C13H20N2O. The molecule has 3 heteroatoms. The molecule has 0 aromatic heterocycles. The van der Waals surface area contributed by atoms with E-state index < -0.39 is 0 Å². The summed E-state index contributed by atoms with van der Waals surface area (Å²) in [6.45, 7) is 5.34. The molecule has 1 aromatic carbocycles. The Labute approximate surface area is 97.0 Å². The summed E-state index contributed by atoms with van der Waals surface area (Å²) >= 11 is 0. The third-order valence-corrected chi connectivity index (χ3v) is 2.48. The van der Waals surface area contributed by atoms with Gasteiger partial charge in [-0.2, -0.15) is 0 Å². The van der Waals surface area contributed by atoms with Gasteiger partial charge in [0, 0.05) is 13.1 Å². The molecule has 88 valence electrons. The topological polar surface area (TPSA) is 55.1 Å². The van der Waals surface area contributed by atoms with Crippen molar-refractivity contribution in [2.45, 2.75) is 26.2 Å². The van der Waals surface area contributed by atoms with Crippen LogP contribution < -0.4 is 11.1 Å². The SMILES string of the molecule is CC(C)c1ccc(CC(=O)NCCN)cc1. The molecule has 0 aliphatic carbocycles. The van der Waals surface area contributed by atoms with Gasteiger partial charge in [0.15, 0.2) is 0 Å². The largest absolute Gasteiger partial charge is 0.355 e. The van der Waals surface area contributed by atoms with Crippen LogP contribution in [0.2, 0.25) is 0 Å². The summed E-state index contributed by atoms with van der Waals surface area (Å²) in [6, 6.07) is 8.18. The number of nitrogens with two attached hydrogens (primary N) is 1. The van der Waals surface area contributed by atoms with Crippen molar-refractivity contribution in [3.63, 3.8) is 0 Å². The lowest BCUT2D eigenvalue weighted by atomic mass is 10.0. The molecule has 0 aliphatic rings. The zero-order valence-electron chi connectivity index (χ0n) is 9.99. The molecule has 0 radical (unpaired) electrons. The number of carbonyl (C=O) groups is 1. The molecule has 0 spiro atoms. The van der Waals surface area contributed by atoms with Crippen LogP contribution in [-0.4, -0.2) is 19.0 Å². The quantitative estimate of drug-likeness (QED) is 0.788. The maximum absolute atomic E-state index is 11.4. The van der Waals surface area contributed by atoms with E-state index in [-0.39, 0.29) is 5.91 Å². The van der Waals surface area contributed by atoms with Crippen LogP contribution in [0.5, 0.6) is 0 Å². The molecule has 0 saturated heterocycles. The van der Waals surface area contributed by atoms with Crippen molar-refractivity contribution >= 4 is 5.91 Å². The molecule has 1 amide bonds. The maximum Gasteiger partial charge on any atom is 0.224 e. The van der Waals surface area contributed by atoms with Crippen molar-refractivity contribution in [2.75, 3.05) is 13.1 Å². The smallest absolute Gasteiger partial charge is 0.224 e. The van der Waals surface area contributed by atoms with E-state index in [9.17, 15) is 4.79 Å². The second kappa shape index (κ2) is 6.28. The van der Waals surface area contributed by atoms with Gasteiger partial charge in [-0.3, -0.25) is 4.79 Å². The van der Waals surface area contributed by atoms with Gasteiger partial charge < -0.3 is 11.1 Å². The van der Waals surface area contributed by atoms with Gasteiger partial charge in [-0.15, -0.1) is 0 Å². The van der Waals surface area contributed by atoms with Gasteiger partial charge in [-0.25, -0.2) is 0 Å². The first-order valence-corrected chi connectivity index (χ1v) is 5.69. The molecule has 0 bridgehead atoms. The number of hydrogen-bond donors (Lipinski definition) is 2. The molecule has 0 aliphatic heterocycles. The third kappa shape index (κ3) is 4.03. The van der Waals surface area contributed by atoms with Crippen molar-refractivity contribution in [2.24, 2.45) is 5.73 Å². The van der Waals surface area contributed by atoms with Gasteiger partial charge in [0.25, 0.3) is 0 Å². The lowest BCUT2D eigenvalue weighted by molar-refractivity contribution is -0.120. The van der Waals surface area contributed by atoms with E-state index in [0.717, 1.165) is 5.56 Å². The van der Waals surface area contributed by atoms with Crippen molar-refractivity contribution in [1.29, 1.82) is 0 Å². The van der Waals surface area contributed by atoms with Gasteiger partial charge in [0.05, 0.1) is 6.42 Å². The predicted octanol–water partition coefficient (Wildman–Crippen LogP) is 1.43. The number of amides is 1. The van der Waals surface area contributed by atoms with E-state index in [1.807, 2.05) is 12.1 Å². The van der Waals surface area contributed by atoms with Crippen LogP contribution in [0, 0.1) is 0 Å². The highest BCUT2D eigenvalue weighted by molar-refractivity contribution is 5.78. The van der Waals surface area contributed by atoms with E-state index in [0.29, 0.717) is 25.4 Å². The lowest BCUT2D eigenvalue weighted by Crippen LogP contribution is -2.30. The first kappa shape index (κ1) is 12.7. The summed E-state index contributed by atoms with van der Waals surface area (Å²) in [4.78, 5) is 11.4. The molecule has 3 nitrogen and oxygen atoms in total. The second-order valence-electron chi connectivity index (χ2n) is 4.21. The Bertz CT molecular complexity index is 330. The van der Waals surface area contributed by atoms with Gasteiger partial charge >= 0.3 is 0 Å². The molecule has 16 heavy (non-hydrogen) atoms. The van der Waals surface area contributed by atoms with Crippen LogP contribution in [0.15, 0.2) is 24.3 Å². The summed E-state index contributed by atoms with van der Waals surface area (Å²) in [7, 11) is 0. The van der Waals surface area contributed by atoms with E-state index in [1.165, 1.54) is 5.56 Å². The van der Waals surface area contributed by atoms with E-state index in [1.54, 1.807) is 0 Å². The Morgan fingerprint density at radius 2 is 1.94 bits per heavy atom. The maximum atomic E-state index is 11.4. The van der Waals surface area contributed by atoms with Gasteiger partial charge in [0.2, 0.25) is 5.91 Å². The highest BCUT2D eigenvalue weighted by Gasteiger charge is 2.03. The molecule has 0 unspecified atom stereocenters. The van der Waals surface area contributed by atoms with Crippen LogP contribution >= 0.6 is 0 Å². The summed E-state index contributed by atoms with van der Waals surface area (Å²) < 4.78 is 0. The Balaban J connectivity index is 2.51. The highest BCUT2D eigenvalue weighted by Crippen LogP contribution is 2.14. The highest BCUT2D eigenvalue weighted by atomic mass is 16.1. The number of rotatable bonds is 5. The molecule has 3 N–H and O–H groups in total. The van der Waals surface area contributed by atoms with Gasteiger partial charge in [-0.1, -0.05) is 38.1 Å². The Hall–Kier alpha value is -1.35. The van der Waals surface area contributed by atoms with Crippen molar-refractivity contribution < 1.29 is 4.79 Å². The van der Waals surface area contributed by atoms with E-state index in [4.69, 9.17) is 5.73 Å². The Morgan fingerprint density at radius 1 is 1.31 bits per heavy atom. The van der Waals surface area contributed by atoms with Crippen LogP contribution in [0.4, 0.5) is 0 Å². The molecule has 1 aromatic rings. The fraction of sp³-hybridized carbons (Fsp3) is 0.462. The zero-order chi connectivity index (χ0) is 12.0. The minimum atomic E-state index is 0.0303. The van der Waals surface area contributed by atoms with E-state index in [2.05, 4.69) is 31.3 Å². The number of nitrogens with one attached hydrogen (secondary N) is 1. The van der Waals surface area contributed by atoms with Crippen LogP contribution in [0.25, 0.3) is 0 Å². The summed E-state index contributed by atoms with van der Waals surface area (Å²) in [5.74, 6) is 0.558. The average Bonchev–Trinajstić information content (AvgIpc) is 2.27. The van der Waals surface area contributed by atoms with Crippen LogP contribution in [0.3, 0.4) is 0 Å². The normalized spacial score (nSPS) is 10.5. The predicted molar refractivity (Wildman–Crippen MR) is 66.3 cm³/mol. The first-order chi connectivity index (χ1) is 7.63. The zero-order valence-corrected chi connectivity index (χ0v) is 9.99. The fourth-order valence-electron chi connectivity index (χ4n) is 1.48. The lowest BCUT2D eigenvalue weighted by Gasteiger charge is -2.07. The first-order valence-electron chi connectivity index (χ1n) is 5.69. The van der Waals surface area contributed by atoms with Gasteiger partial charge in [0.1, 0.15) is 0 Å². The molecular weight excluding hydrogens is 200 g/mol. The number of carbonyl (C=O) groups excluding carboxylic acids is 1. The molecule has 0 fully saturated rings. The summed E-state index contributed by atoms with van der Waals surface area (Å²) in [6.07, 6.45) is 0.429. The average molecular weight is 220 g/mol. The minimum absolute atomic E-state index is 0.0303. The molecule has 0 heterocycles. The number of hydrogen-bond acceptors (Lipinski definition) is 2. The minimum Gasteiger partial charge on any atom is -0.355 e. The summed E-state index contributed by atoms with van der Waals surface area (Å²) in [5.41, 5.74) is 7.65. The molecule has 1 rings (SSSR count). The third-order valence-electron chi connectivity index (χ3n) is 2.48. The van der Waals surface area contributed by atoms with Crippen molar-refractivity contribution in [3.05, 3.63) is 35.4 Å². The standard InChI is InChI=1S/C13H20N2O/c1-10(2)12-5-3-11(4-6-12)9-13(16)15-8-7-14/h3-6,10H,7-9,14H2,1-2H3,(H,15,16). The Morgan fingerprint density at radius 3 is 2.44 bits per heavy atom. The number of benzene rings is 1. The van der Waals surface area contributed by atoms with E-state index >= 15 is 0 Å². The Kier molecular flexibility index (Phi) is 4.99. The summed E-state index contributed by atoms with van der Waals surface area (Å²) in [5, 5.41) is 2.75. The van der Waals surface area contributed by atoms with Crippen molar-refractivity contribution in [3.8, 4) is 0 Å². The van der Waals surface area contributed by atoms with Gasteiger partial charge in [-0.05, 0) is 17.0 Å². The molecule has 0 saturated carbocycles. The van der Waals surface area contributed by atoms with Crippen molar-refractivity contribution in [1.82, 2.24) is 5.32 Å². The van der Waals surface area contributed by atoms with Crippen LogP contribution in [-0.2, 0) is 11.2 Å². The molecule has 0 atom stereocenters. The fourth-order valence-corrected chi connectivity index (χ4v) is 1.48.